The number of benzene rings is 1. The molecule has 1 aromatic carbocycles. The number of carbonyl (C=O) groups is 1. The molecule has 0 saturated carbocycles. The first-order valence-corrected chi connectivity index (χ1v) is 5.09. The summed E-state index contributed by atoms with van der Waals surface area (Å²) >= 11 is 0. The predicted octanol–water partition coefficient (Wildman–Crippen LogP) is 2.43. The van der Waals surface area contributed by atoms with Crippen molar-refractivity contribution in [3.05, 3.63) is 35.6 Å². The fraction of sp³-hybridized carbons (Fsp3) is 0.417. The average Bonchev–Trinajstić information content (AvgIpc) is 2.65. The molecule has 15 heavy (non-hydrogen) atoms. The Kier molecular flexibility index (Phi) is 2.82. The molecule has 0 aliphatic carbocycles. The van der Waals surface area contributed by atoms with Crippen molar-refractivity contribution in [2.45, 2.75) is 19.4 Å². The third-order valence-corrected chi connectivity index (χ3v) is 2.71. The van der Waals surface area contributed by atoms with Gasteiger partial charge in [0.2, 0.25) is 0 Å². The lowest BCUT2D eigenvalue weighted by molar-refractivity contribution is 0.0874. The van der Waals surface area contributed by atoms with Gasteiger partial charge >= 0.3 is 0 Å². The van der Waals surface area contributed by atoms with E-state index in [1.165, 1.54) is 12.1 Å². The van der Waals surface area contributed by atoms with Gasteiger partial charge in [0.1, 0.15) is 5.82 Å². The first-order chi connectivity index (χ1) is 7.18. The Morgan fingerprint density at radius 1 is 1.47 bits per heavy atom. The van der Waals surface area contributed by atoms with Gasteiger partial charge in [0.15, 0.2) is 5.78 Å². The normalized spacial score (nSPS) is 25.5. The van der Waals surface area contributed by atoms with E-state index in [9.17, 15) is 9.18 Å². The molecule has 0 bridgehead atoms. The Morgan fingerprint density at radius 3 is 2.80 bits per heavy atom. The zero-order valence-electron chi connectivity index (χ0n) is 8.57. The number of hydrogen-bond acceptors (Lipinski definition) is 2. The first kappa shape index (κ1) is 10.3. The molecule has 80 valence electrons. The summed E-state index contributed by atoms with van der Waals surface area (Å²) in [4.78, 5) is 11.9. The molecule has 0 spiro atoms. The molecular weight excluding hydrogens is 195 g/mol. The Balaban J connectivity index is 2.18. The van der Waals surface area contributed by atoms with Crippen molar-refractivity contribution in [2.75, 3.05) is 6.61 Å². The minimum Gasteiger partial charge on any atom is -0.378 e. The number of halogens is 1. The molecule has 2 nitrogen and oxygen atoms in total. The van der Waals surface area contributed by atoms with Crippen LogP contribution in [0.3, 0.4) is 0 Å². The smallest absolute Gasteiger partial charge is 0.171 e. The van der Waals surface area contributed by atoms with E-state index in [2.05, 4.69) is 0 Å². The fourth-order valence-corrected chi connectivity index (χ4v) is 1.88. The lowest BCUT2D eigenvalue weighted by atomic mass is 9.95. The van der Waals surface area contributed by atoms with Crippen LogP contribution in [0.25, 0.3) is 0 Å². The van der Waals surface area contributed by atoms with Gasteiger partial charge in [-0.25, -0.2) is 4.39 Å². The molecule has 3 heteroatoms. The summed E-state index contributed by atoms with van der Waals surface area (Å²) in [5.41, 5.74) is 0.181. The second-order valence-corrected chi connectivity index (χ2v) is 3.92. The van der Waals surface area contributed by atoms with Crippen LogP contribution in [0.2, 0.25) is 0 Å². The van der Waals surface area contributed by atoms with Crippen LogP contribution in [-0.2, 0) is 4.74 Å². The number of rotatable bonds is 2. The fourth-order valence-electron chi connectivity index (χ4n) is 1.88. The lowest BCUT2D eigenvalue weighted by Gasteiger charge is -2.07. The Labute approximate surface area is 88.1 Å². The van der Waals surface area contributed by atoms with Gasteiger partial charge in [-0.1, -0.05) is 12.1 Å². The van der Waals surface area contributed by atoms with E-state index >= 15 is 0 Å². The monoisotopic (exact) mass is 208 g/mol. The summed E-state index contributed by atoms with van der Waals surface area (Å²) in [5, 5.41) is 0. The van der Waals surface area contributed by atoms with Gasteiger partial charge in [-0.2, -0.15) is 0 Å². The molecule has 1 saturated heterocycles. The van der Waals surface area contributed by atoms with Gasteiger partial charge in [-0.15, -0.1) is 0 Å². The maximum absolute atomic E-state index is 13.3. The highest BCUT2D eigenvalue weighted by Gasteiger charge is 2.30. The van der Waals surface area contributed by atoms with E-state index in [0.29, 0.717) is 13.0 Å². The zero-order valence-corrected chi connectivity index (χ0v) is 8.57. The van der Waals surface area contributed by atoms with E-state index in [-0.39, 0.29) is 23.4 Å². The minimum absolute atomic E-state index is 0.103. The molecular formula is C12H13FO2. The van der Waals surface area contributed by atoms with Crippen LogP contribution in [0.1, 0.15) is 23.7 Å². The quantitative estimate of drug-likeness (QED) is 0.698. The van der Waals surface area contributed by atoms with Crippen LogP contribution in [0.15, 0.2) is 24.3 Å². The SMILES string of the molecule is CC1CC(C(=O)c2ccccc2F)CO1. The van der Waals surface area contributed by atoms with Crippen LogP contribution in [0.5, 0.6) is 0 Å². The molecule has 2 unspecified atom stereocenters. The zero-order chi connectivity index (χ0) is 10.8. The van der Waals surface area contributed by atoms with E-state index in [0.717, 1.165) is 0 Å². The summed E-state index contributed by atoms with van der Waals surface area (Å²) in [7, 11) is 0. The number of ketones is 1. The molecule has 1 fully saturated rings. The van der Waals surface area contributed by atoms with Crippen molar-refractivity contribution in [2.24, 2.45) is 5.92 Å². The predicted molar refractivity (Wildman–Crippen MR) is 54.3 cm³/mol. The van der Waals surface area contributed by atoms with E-state index in [1.807, 2.05) is 6.92 Å². The summed E-state index contributed by atoms with van der Waals surface area (Å²) < 4.78 is 18.6. The molecule has 1 aromatic rings. The van der Waals surface area contributed by atoms with Crippen LogP contribution >= 0.6 is 0 Å². The summed E-state index contributed by atoms with van der Waals surface area (Å²) in [5.74, 6) is -0.767. The minimum atomic E-state index is -0.443. The van der Waals surface area contributed by atoms with Gasteiger partial charge in [0, 0.05) is 5.92 Å². The van der Waals surface area contributed by atoms with Gasteiger partial charge < -0.3 is 4.74 Å². The highest BCUT2D eigenvalue weighted by atomic mass is 19.1. The van der Waals surface area contributed by atoms with Gasteiger partial charge in [-0.3, -0.25) is 4.79 Å². The molecule has 1 aliphatic heterocycles. The molecule has 2 rings (SSSR count). The average molecular weight is 208 g/mol. The third-order valence-electron chi connectivity index (χ3n) is 2.71. The van der Waals surface area contributed by atoms with E-state index < -0.39 is 5.82 Å². The van der Waals surface area contributed by atoms with Gasteiger partial charge in [-0.05, 0) is 25.5 Å². The van der Waals surface area contributed by atoms with Crippen molar-refractivity contribution in [3.8, 4) is 0 Å². The number of Topliss-reactive ketones (excluding diaryl/α,β-unsaturated/α-hetero) is 1. The van der Waals surface area contributed by atoms with Crippen LogP contribution in [-0.4, -0.2) is 18.5 Å². The molecule has 0 aromatic heterocycles. The van der Waals surface area contributed by atoms with Crippen molar-refractivity contribution in [1.29, 1.82) is 0 Å². The first-order valence-electron chi connectivity index (χ1n) is 5.09. The topological polar surface area (TPSA) is 26.3 Å². The molecule has 1 heterocycles. The molecule has 0 N–H and O–H groups in total. The lowest BCUT2D eigenvalue weighted by Crippen LogP contribution is -2.16. The highest BCUT2D eigenvalue weighted by Crippen LogP contribution is 2.24. The van der Waals surface area contributed by atoms with E-state index in [1.54, 1.807) is 12.1 Å². The maximum atomic E-state index is 13.3. The van der Waals surface area contributed by atoms with Crippen molar-refractivity contribution in [3.63, 3.8) is 0 Å². The largest absolute Gasteiger partial charge is 0.378 e. The summed E-state index contributed by atoms with van der Waals surface area (Å²) in [6.07, 6.45) is 0.790. The van der Waals surface area contributed by atoms with Gasteiger partial charge in [0.25, 0.3) is 0 Å². The van der Waals surface area contributed by atoms with Gasteiger partial charge in [0.05, 0.1) is 18.3 Å². The number of hydrogen-bond donors (Lipinski definition) is 0. The standard InChI is InChI=1S/C12H13FO2/c1-8-6-9(7-15-8)12(14)10-4-2-3-5-11(10)13/h2-5,8-9H,6-7H2,1H3. The highest BCUT2D eigenvalue weighted by molar-refractivity contribution is 5.98. The number of carbonyl (C=O) groups excluding carboxylic acids is 1. The molecule has 0 radical (unpaired) electrons. The second-order valence-electron chi connectivity index (χ2n) is 3.92. The molecule has 1 aliphatic rings. The van der Waals surface area contributed by atoms with Crippen LogP contribution in [0.4, 0.5) is 4.39 Å². The Morgan fingerprint density at radius 2 is 2.20 bits per heavy atom. The van der Waals surface area contributed by atoms with E-state index in [4.69, 9.17) is 4.74 Å². The summed E-state index contributed by atoms with van der Waals surface area (Å²) in [6, 6.07) is 6.10. The van der Waals surface area contributed by atoms with Crippen LogP contribution < -0.4 is 0 Å². The summed E-state index contributed by atoms with van der Waals surface area (Å²) in [6.45, 7) is 2.34. The maximum Gasteiger partial charge on any atom is 0.171 e. The van der Waals surface area contributed by atoms with Crippen molar-refractivity contribution in [1.82, 2.24) is 0 Å². The number of ether oxygens (including phenoxy) is 1. The molecule has 2 atom stereocenters. The van der Waals surface area contributed by atoms with Crippen LogP contribution in [0, 0.1) is 11.7 Å². The third kappa shape index (κ3) is 2.07. The Bertz CT molecular complexity index is 376. The van der Waals surface area contributed by atoms with Crippen molar-refractivity contribution >= 4 is 5.78 Å². The van der Waals surface area contributed by atoms with Crippen molar-refractivity contribution < 1.29 is 13.9 Å². The second kappa shape index (κ2) is 4.11. The molecule has 0 amide bonds. The Hall–Kier alpha value is -1.22.